The number of H-pyrrole nitrogens is 1. The first-order valence-corrected chi connectivity index (χ1v) is 6.58. The summed E-state index contributed by atoms with van der Waals surface area (Å²) in [5.41, 5.74) is 2.72. The van der Waals surface area contributed by atoms with Crippen molar-refractivity contribution in [2.75, 3.05) is 5.06 Å². The number of aromatic nitrogens is 3. The largest absolute Gasteiger partial charge is 0.464 e. The van der Waals surface area contributed by atoms with E-state index in [2.05, 4.69) is 15.0 Å². The van der Waals surface area contributed by atoms with Gasteiger partial charge in [-0.1, -0.05) is 6.07 Å². The van der Waals surface area contributed by atoms with E-state index in [0.717, 1.165) is 10.4 Å². The van der Waals surface area contributed by atoms with Crippen molar-refractivity contribution >= 4 is 33.7 Å². The van der Waals surface area contributed by atoms with Crippen molar-refractivity contribution in [3.05, 3.63) is 54.7 Å². The Morgan fingerprint density at radius 3 is 3.05 bits per heavy atom. The number of pyridine rings is 1. The minimum Gasteiger partial charge on any atom is -0.464 e. The number of amidine groups is 1. The fourth-order valence-corrected chi connectivity index (χ4v) is 2.44. The second-order valence-electron chi connectivity index (χ2n) is 4.73. The number of hydrogen-bond acceptors (Lipinski definition) is 5. The molecule has 0 bridgehead atoms. The van der Waals surface area contributed by atoms with Crippen molar-refractivity contribution < 1.29 is 9.62 Å². The van der Waals surface area contributed by atoms with E-state index in [1.54, 1.807) is 42.8 Å². The summed E-state index contributed by atoms with van der Waals surface area (Å²) in [4.78, 5) is 11.1. The van der Waals surface area contributed by atoms with E-state index >= 15 is 0 Å². The molecule has 0 aliphatic rings. The molecule has 3 heterocycles. The zero-order chi connectivity index (χ0) is 15.1. The van der Waals surface area contributed by atoms with Crippen molar-refractivity contribution in [3.8, 4) is 0 Å². The first-order valence-electron chi connectivity index (χ1n) is 6.58. The van der Waals surface area contributed by atoms with E-state index in [4.69, 9.17) is 9.83 Å². The molecule has 3 aromatic heterocycles. The van der Waals surface area contributed by atoms with Gasteiger partial charge in [-0.25, -0.2) is 15.0 Å². The average Bonchev–Trinajstić information content (AvgIpc) is 3.21. The molecular weight excluding hydrogens is 282 g/mol. The standard InChI is InChI=1S/C15H11N5O2/c16-14(10-4-6-17-15-13(10)18-8-19-15)20(21)11-2-1-3-12-9(11)5-7-22-12/h1-8,16,21H,(H,17,18,19). The molecule has 0 saturated heterocycles. The van der Waals surface area contributed by atoms with E-state index < -0.39 is 0 Å². The van der Waals surface area contributed by atoms with Crippen LogP contribution in [0.5, 0.6) is 0 Å². The second-order valence-corrected chi connectivity index (χ2v) is 4.73. The number of furan rings is 1. The minimum atomic E-state index is -0.0784. The Labute approximate surface area is 124 Å². The lowest BCUT2D eigenvalue weighted by atomic mass is 10.1. The van der Waals surface area contributed by atoms with Gasteiger partial charge in [-0.15, -0.1) is 0 Å². The zero-order valence-corrected chi connectivity index (χ0v) is 11.3. The fraction of sp³-hybridized carbons (Fsp3) is 0. The van der Waals surface area contributed by atoms with Gasteiger partial charge < -0.3 is 9.40 Å². The molecule has 0 unspecified atom stereocenters. The Morgan fingerprint density at radius 2 is 2.14 bits per heavy atom. The first-order chi connectivity index (χ1) is 10.8. The Balaban J connectivity index is 1.82. The third kappa shape index (κ3) is 1.76. The summed E-state index contributed by atoms with van der Waals surface area (Å²) in [6.45, 7) is 0. The van der Waals surface area contributed by atoms with Crippen LogP contribution in [0, 0.1) is 5.41 Å². The van der Waals surface area contributed by atoms with Crippen LogP contribution in [0.3, 0.4) is 0 Å². The van der Waals surface area contributed by atoms with Crippen molar-refractivity contribution in [1.82, 2.24) is 15.0 Å². The van der Waals surface area contributed by atoms with Gasteiger partial charge in [-0.2, -0.15) is 0 Å². The molecular formula is C15H11N5O2. The van der Waals surface area contributed by atoms with E-state index in [1.165, 1.54) is 6.33 Å². The normalized spacial score (nSPS) is 11.1. The van der Waals surface area contributed by atoms with Gasteiger partial charge >= 0.3 is 0 Å². The number of fused-ring (bicyclic) bond motifs is 2. The lowest BCUT2D eigenvalue weighted by molar-refractivity contribution is 0.313. The van der Waals surface area contributed by atoms with Crippen LogP contribution in [-0.4, -0.2) is 26.0 Å². The molecule has 4 aromatic rings. The highest BCUT2D eigenvalue weighted by Gasteiger charge is 2.18. The Kier molecular flexibility index (Phi) is 2.67. The van der Waals surface area contributed by atoms with Crippen LogP contribution in [-0.2, 0) is 0 Å². The van der Waals surface area contributed by atoms with Crippen molar-refractivity contribution in [1.29, 1.82) is 5.41 Å². The highest BCUT2D eigenvalue weighted by Crippen LogP contribution is 2.28. The quantitative estimate of drug-likeness (QED) is 0.299. The second kappa shape index (κ2) is 4.68. The number of benzene rings is 1. The summed E-state index contributed by atoms with van der Waals surface area (Å²) >= 11 is 0. The van der Waals surface area contributed by atoms with Gasteiger partial charge in [0.05, 0.1) is 23.8 Å². The van der Waals surface area contributed by atoms with E-state index in [0.29, 0.717) is 28.0 Å². The van der Waals surface area contributed by atoms with Crippen molar-refractivity contribution in [2.45, 2.75) is 0 Å². The number of imidazole rings is 1. The number of nitrogens with one attached hydrogen (secondary N) is 2. The topological polar surface area (TPSA) is 102 Å². The molecule has 0 radical (unpaired) electrons. The Hall–Kier alpha value is -3.19. The summed E-state index contributed by atoms with van der Waals surface area (Å²) in [5, 5.41) is 20.3. The predicted octanol–water partition coefficient (Wildman–Crippen LogP) is 2.93. The summed E-state index contributed by atoms with van der Waals surface area (Å²) in [6.07, 6.45) is 4.61. The number of nitrogens with zero attached hydrogens (tertiary/aromatic N) is 3. The SMILES string of the molecule is N=C(c1ccnc2nc[nH]c12)N(O)c1cccc2occc12. The number of anilines is 1. The summed E-state index contributed by atoms with van der Waals surface area (Å²) in [6, 6.07) is 8.69. The van der Waals surface area contributed by atoms with Gasteiger partial charge in [-0.05, 0) is 24.3 Å². The third-order valence-electron chi connectivity index (χ3n) is 3.49. The lowest BCUT2D eigenvalue weighted by Gasteiger charge is -2.18. The number of aromatic amines is 1. The van der Waals surface area contributed by atoms with E-state index in [-0.39, 0.29) is 5.84 Å². The molecule has 108 valence electrons. The van der Waals surface area contributed by atoms with Crippen LogP contribution >= 0.6 is 0 Å². The maximum atomic E-state index is 10.5. The average molecular weight is 293 g/mol. The molecule has 3 N–H and O–H groups in total. The molecule has 1 aromatic carbocycles. The van der Waals surface area contributed by atoms with Gasteiger partial charge in [0, 0.05) is 17.1 Å². The summed E-state index contributed by atoms with van der Waals surface area (Å²) in [7, 11) is 0. The summed E-state index contributed by atoms with van der Waals surface area (Å²) in [5.74, 6) is -0.0784. The molecule has 7 nitrogen and oxygen atoms in total. The number of hydrogen-bond donors (Lipinski definition) is 3. The van der Waals surface area contributed by atoms with Crippen LogP contribution in [0.15, 0.2) is 53.5 Å². The van der Waals surface area contributed by atoms with Crippen LogP contribution < -0.4 is 5.06 Å². The molecule has 0 aliphatic carbocycles. The lowest BCUT2D eigenvalue weighted by Crippen LogP contribution is -2.27. The van der Waals surface area contributed by atoms with Crippen molar-refractivity contribution in [2.24, 2.45) is 0 Å². The zero-order valence-electron chi connectivity index (χ0n) is 11.3. The molecule has 7 heteroatoms. The molecule has 0 saturated carbocycles. The van der Waals surface area contributed by atoms with Gasteiger partial charge in [0.2, 0.25) is 0 Å². The molecule has 0 aliphatic heterocycles. The smallest absolute Gasteiger partial charge is 0.178 e. The third-order valence-corrected chi connectivity index (χ3v) is 3.49. The molecule has 0 amide bonds. The monoisotopic (exact) mass is 293 g/mol. The van der Waals surface area contributed by atoms with Gasteiger partial charge in [0.1, 0.15) is 5.58 Å². The van der Waals surface area contributed by atoms with E-state index in [1.807, 2.05) is 0 Å². The number of rotatable bonds is 2. The molecule has 4 rings (SSSR count). The van der Waals surface area contributed by atoms with Gasteiger partial charge in [-0.3, -0.25) is 10.6 Å². The predicted molar refractivity (Wildman–Crippen MR) is 81.2 cm³/mol. The first kappa shape index (κ1) is 12.5. The molecule has 0 fully saturated rings. The van der Waals surface area contributed by atoms with Gasteiger partial charge in [0.25, 0.3) is 0 Å². The van der Waals surface area contributed by atoms with Gasteiger partial charge in [0.15, 0.2) is 11.5 Å². The Morgan fingerprint density at radius 1 is 1.23 bits per heavy atom. The van der Waals surface area contributed by atoms with Crippen molar-refractivity contribution in [3.63, 3.8) is 0 Å². The maximum Gasteiger partial charge on any atom is 0.178 e. The highest BCUT2D eigenvalue weighted by atomic mass is 16.5. The molecule has 0 spiro atoms. The number of hydroxylamine groups is 1. The van der Waals surface area contributed by atoms with E-state index in [9.17, 15) is 5.21 Å². The van der Waals surface area contributed by atoms with Crippen LogP contribution in [0.1, 0.15) is 5.56 Å². The van der Waals surface area contributed by atoms with Crippen LogP contribution in [0.2, 0.25) is 0 Å². The maximum absolute atomic E-state index is 10.5. The molecule has 22 heavy (non-hydrogen) atoms. The Bertz CT molecular complexity index is 988. The highest BCUT2D eigenvalue weighted by molar-refractivity contribution is 6.14. The summed E-state index contributed by atoms with van der Waals surface area (Å²) < 4.78 is 5.32. The van der Waals surface area contributed by atoms with Crippen LogP contribution in [0.25, 0.3) is 22.1 Å². The fourth-order valence-electron chi connectivity index (χ4n) is 2.44. The minimum absolute atomic E-state index is 0.0784. The molecule has 0 atom stereocenters. The van der Waals surface area contributed by atoms with Crippen LogP contribution in [0.4, 0.5) is 5.69 Å².